The number of carbonyl (C=O) groups is 1. The maximum Gasteiger partial charge on any atom is 0.266 e. The van der Waals surface area contributed by atoms with Crippen molar-refractivity contribution in [2.75, 3.05) is 32.6 Å². The quantitative estimate of drug-likeness (QED) is 0.106. The number of carbonyl (C=O) groups excluding carboxylic acids is 1. The van der Waals surface area contributed by atoms with Crippen LogP contribution >= 0.6 is 15.9 Å². The predicted molar refractivity (Wildman–Crippen MR) is 187 cm³/mol. The van der Waals surface area contributed by atoms with Crippen molar-refractivity contribution in [3.05, 3.63) is 124 Å². The van der Waals surface area contributed by atoms with Crippen LogP contribution in [0.4, 0.5) is 0 Å². The highest BCUT2D eigenvalue weighted by molar-refractivity contribution is 9.10. The maximum absolute atomic E-state index is 14.4. The van der Waals surface area contributed by atoms with Gasteiger partial charge in [0.25, 0.3) is 5.91 Å². The Labute approximate surface area is 289 Å². The average molecular weight is 737 g/mol. The molecule has 1 aliphatic heterocycles. The van der Waals surface area contributed by atoms with Gasteiger partial charge in [0.2, 0.25) is 5.90 Å². The van der Waals surface area contributed by atoms with Crippen LogP contribution in [0.5, 0.6) is 11.5 Å². The van der Waals surface area contributed by atoms with E-state index in [0.717, 1.165) is 11.3 Å². The minimum Gasteiger partial charge on any atom is -0.497 e. The van der Waals surface area contributed by atoms with Crippen LogP contribution in [-0.2, 0) is 25.8 Å². The fourth-order valence-corrected chi connectivity index (χ4v) is 7.24. The highest BCUT2D eigenvalue weighted by Crippen LogP contribution is 2.45. The van der Waals surface area contributed by atoms with E-state index in [-0.39, 0.29) is 29.6 Å². The van der Waals surface area contributed by atoms with Crippen LogP contribution in [-0.4, -0.2) is 63.5 Å². The smallest absolute Gasteiger partial charge is 0.266 e. The molecule has 0 aromatic heterocycles. The van der Waals surface area contributed by atoms with E-state index in [0.29, 0.717) is 47.3 Å². The average Bonchev–Trinajstić information content (AvgIpc) is 3.51. The lowest BCUT2D eigenvalue weighted by Crippen LogP contribution is -2.53. The zero-order valence-corrected chi connectivity index (χ0v) is 28.9. The number of aliphatic hydroxyl groups is 1. The number of hydrogen-bond acceptors (Lipinski definition) is 9. The molecule has 0 aliphatic carbocycles. The Kier molecular flexibility index (Phi) is 11.9. The topological polar surface area (TPSA) is 136 Å². The van der Waals surface area contributed by atoms with Crippen molar-refractivity contribution in [2.45, 2.75) is 35.8 Å². The van der Waals surface area contributed by atoms with E-state index in [4.69, 9.17) is 24.3 Å². The standard InChI is InChI=1S/C36H38BrN3O7S/c1-45-29-10-7-9-26(25-29)19-21-38-40-35(42)36(20-24-48(43,44)30-11-3-2-4-12-30)33(31-13-5-6-14-32(31)37)47-34(39-36)27-15-17-28(18-16-27)46-23-8-22-41/h2-7,9-18,25,33,38,41H,8,19-24H2,1H3,(H,40,42)/t33-,36-/m0/s1. The number of sulfone groups is 1. The number of hydrazine groups is 1. The van der Waals surface area contributed by atoms with Gasteiger partial charge in [0, 0.05) is 41.6 Å². The number of benzene rings is 4. The molecule has 0 spiro atoms. The number of rotatable bonds is 16. The van der Waals surface area contributed by atoms with Gasteiger partial charge in [0.1, 0.15) is 11.5 Å². The third-order valence-corrected chi connectivity index (χ3v) is 10.4. The molecule has 1 heterocycles. The van der Waals surface area contributed by atoms with E-state index in [2.05, 4.69) is 26.8 Å². The van der Waals surface area contributed by atoms with Gasteiger partial charge in [-0.3, -0.25) is 10.2 Å². The molecule has 4 aromatic rings. The number of hydrogen-bond donors (Lipinski definition) is 3. The van der Waals surface area contributed by atoms with Crippen molar-refractivity contribution >= 4 is 37.6 Å². The molecule has 4 aromatic carbocycles. The van der Waals surface area contributed by atoms with Gasteiger partial charge < -0.3 is 19.3 Å². The van der Waals surface area contributed by atoms with Gasteiger partial charge in [0.05, 0.1) is 24.4 Å². The second-order valence-corrected chi connectivity index (χ2v) is 14.1. The molecule has 1 aliphatic rings. The molecule has 0 radical (unpaired) electrons. The Hall–Kier alpha value is -4.23. The molecule has 3 N–H and O–H groups in total. The van der Waals surface area contributed by atoms with Gasteiger partial charge in [0.15, 0.2) is 21.5 Å². The molecule has 5 rings (SSSR count). The van der Waals surface area contributed by atoms with Gasteiger partial charge in [-0.2, -0.15) is 0 Å². The summed E-state index contributed by atoms with van der Waals surface area (Å²) in [7, 11) is -2.18. The van der Waals surface area contributed by atoms with Crippen LogP contribution in [0.25, 0.3) is 0 Å². The fourth-order valence-electron chi connectivity index (χ4n) is 5.36. The second kappa shape index (κ2) is 16.2. The van der Waals surface area contributed by atoms with Crippen molar-refractivity contribution in [3.8, 4) is 11.5 Å². The summed E-state index contributed by atoms with van der Waals surface area (Å²) >= 11 is 3.61. The second-order valence-electron chi connectivity index (χ2n) is 11.2. The van der Waals surface area contributed by atoms with Crippen LogP contribution < -0.4 is 20.3 Å². The molecular weight excluding hydrogens is 698 g/mol. The van der Waals surface area contributed by atoms with Crippen molar-refractivity contribution in [2.24, 2.45) is 4.99 Å². The summed E-state index contributed by atoms with van der Waals surface area (Å²) in [5.74, 6) is 0.650. The van der Waals surface area contributed by atoms with Crippen LogP contribution in [0.15, 0.2) is 117 Å². The molecular formula is C36H38BrN3O7S. The molecule has 12 heteroatoms. The minimum atomic E-state index is -3.78. The van der Waals surface area contributed by atoms with E-state index in [1.165, 1.54) is 12.1 Å². The Morgan fingerprint density at radius 1 is 0.979 bits per heavy atom. The zero-order valence-electron chi connectivity index (χ0n) is 26.5. The molecule has 2 atom stereocenters. The number of aliphatic imine (C=N–C) groups is 1. The first kappa shape index (κ1) is 35.1. The van der Waals surface area contributed by atoms with Gasteiger partial charge in [-0.1, -0.05) is 64.5 Å². The molecule has 0 saturated heterocycles. The van der Waals surface area contributed by atoms with E-state index in [1.807, 2.05) is 48.5 Å². The third kappa shape index (κ3) is 8.43. The Bertz CT molecular complexity index is 1820. The normalized spacial score (nSPS) is 17.3. The first-order valence-electron chi connectivity index (χ1n) is 15.5. The Morgan fingerprint density at radius 3 is 2.46 bits per heavy atom. The minimum absolute atomic E-state index is 0.0269. The summed E-state index contributed by atoms with van der Waals surface area (Å²) in [5.41, 5.74) is 6.41. The molecule has 48 heavy (non-hydrogen) atoms. The van der Waals surface area contributed by atoms with E-state index in [9.17, 15) is 13.2 Å². The Morgan fingerprint density at radius 2 is 1.73 bits per heavy atom. The molecule has 252 valence electrons. The first-order valence-corrected chi connectivity index (χ1v) is 18.0. The molecule has 10 nitrogen and oxygen atoms in total. The van der Waals surface area contributed by atoms with E-state index >= 15 is 0 Å². The highest BCUT2D eigenvalue weighted by Gasteiger charge is 2.54. The number of amides is 1. The van der Waals surface area contributed by atoms with Crippen LogP contribution in [0.3, 0.4) is 0 Å². The predicted octanol–water partition coefficient (Wildman–Crippen LogP) is 5.20. The summed E-state index contributed by atoms with van der Waals surface area (Å²) < 4.78 is 45.3. The van der Waals surface area contributed by atoms with Gasteiger partial charge in [-0.05, 0) is 66.6 Å². The molecule has 0 saturated carbocycles. The number of aliphatic hydroxyl groups excluding tert-OH is 1. The van der Waals surface area contributed by atoms with Crippen LogP contribution in [0.2, 0.25) is 0 Å². The highest BCUT2D eigenvalue weighted by atomic mass is 79.9. The molecule has 0 bridgehead atoms. The lowest BCUT2D eigenvalue weighted by atomic mass is 9.85. The monoisotopic (exact) mass is 735 g/mol. The maximum atomic E-state index is 14.4. The third-order valence-electron chi connectivity index (χ3n) is 7.95. The lowest BCUT2D eigenvalue weighted by molar-refractivity contribution is -0.130. The SMILES string of the molecule is COc1cccc(CCNNC(=O)[C@@]2(CCS(=O)(=O)c3ccccc3)N=C(c3ccc(OCCCO)cc3)O[C@H]2c2ccccc2Br)c1. The van der Waals surface area contributed by atoms with Crippen molar-refractivity contribution in [1.82, 2.24) is 10.9 Å². The van der Waals surface area contributed by atoms with Crippen molar-refractivity contribution in [3.63, 3.8) is 0 Å². The van der Waals surface area contributed by atoms with Crippen molar-refractivity contribution in [1.29, 1.82) is 0 Å². The fraction of sp³-hybridized carbons (Fsp3) is 0.278. The Balaban J connectivity index is 1.48. The summed E-state index contributed by atoms with van der Waals surface area (Å²) in [5, 5.41) is 9.07. The zero-order chi connectivity index (χ0) is 34.0. The molecule has 0 fully saturated rings. The summed E-state index contributed by atoms with van der Waals surface area (Å²) in [6.07, 6.45) is -0.0267. The number of nitrogens with one attached hydrogen (secondary N) is 2. The van der Waals surface area contributed by atoms with E-state index < -0.39 is 27.4 Å². The summed E-state index contributed by atoms with van der Waals surface area (Å²) in [6.45, 7) is 0.784. The van der Waals surface area contributed by atoms with Crippen LogP contribution in [0, 0.1) is 0 Å². The number of nitrogens with zero attached hydrogens (tertiary/aromatic N) is 1. The summed E-state index contributed by atoms with van der Waals surface area (Å²) in [6, 6.07) is 30.2. The largest absolute Gasteiger partial charge is 0.497 e. The summed E-state index contributed by atoms with van der Waals surface area (Å²) in [4.78, 5) is 19.5. The molecule has 0 unspecified atom stereocenters. The molecule has 1 amide bonds. The number of ether oxygens (including phenoxy) is 3. The van der Waals surface area contributed by atoms with Gasteiger partial charge in [-0.25, -0.2) is 18.8 Å². The number of methoxy groups -OCH3 is 1. The van der Waals surface area contributed by atoms with E-state index in [1.54, 1.807) is 49.6 Å². The van der Waals surface area contributed by atoms with Gasteiger partial charge in [-0.15, -0.1) is 0 Å². The van der Waals surface area contributed by atoms with Crippen molar-refractivity contribution < 1.29 is 32.5 Å². The number of halogens is 1. The van der Waals surface area contributed by atoms with Gasteiger partial charge >= 0.3 is 0 Å². The lowest BCUT2D eigenvalue weighted by Gasteiger charge is -2.31. The van der Waals surface area contributed by atoms with Crippen LogP contribution in [0.1, 0.15) is 35.6 Å². The first-order chi connectivity index (χ1) is 23.3.